The molecule has 0 saturated carbocycles. The number of likely N-dealkylation sites (tertiary alicyclic amines) is 1. The number of nitrogens with zero attached hydrogens (tertiary/aromatic N) is 3. The Labute approximate surface area is 155 Å². The summed E-state index contributed by atoms with van der Waals surface area (Å²) < 4.78 is 5.02. The van der Waals surface area contributed by atoms with Gasteiger partial charge in [0.1, 0.15) is 0 Å². The standard InChI is InChI=1S/C20H29N3O3/c1-2-26-20(25)23-14-12-22(13-15-23)19(24)18-8-6-17(7-9-18)16-21-10-4-3-5-11-21/h6-9H,2-5,10-16H2,1H3. The third-order valence-electron chi connectivity index (χ3n) is 5.15. The van der Waals surface area contributed by atoms with Crippen molar-refractivity contribution in [3.63, 3.8) is 0 Å². The summed E-state index contributed by atoms with van der Waals surface area (Å²) >= 11 is 0. The predicted octanol–water partition coefficient (Wildman–Crippen LogP) is 2.59. The van der Waals surface area contributed by atoms with Crippen LogP contribution in [0.1, 0.15) is 42.1 Å². The molecule has 0 radical (unpaired) electrons. The molecule has 0 atom stereocenters. The van der Waals surface area contributed by atoms with Crippen LogP contribution < -0.4 is 0 Å². The van der Waals surface area contributed by atoms with Crippen molar-refractivity contribution >= 4 is 12.0 Å². The summed E-state index contributed by atoms with van der Waals surface area (Å²) in [5, 5.41) is 0. The number of rotatable bonds is 4. The van der Waals surface area contributed by atoms with Gasteiger partial charge < -0.3 is 14.5 Å². The van der Waals surface area contributed by atoms with E-state index in [1.807, 2.05) is 17.0 Å². The molecule has 3 rings (SSSR count). The van der Waals surface area contributed by atoms with E-state index in [1.54, 1.807) is 11.8 Å². The average Bonchev–Trinajstić information content (AvgIpc) is 2.69. The highest BCUT2D eigenvalue weighted by Gasteiger charge is 2.25. The second kappa shape index (κ2) is 9.03. The molecule has 1 aromatic carbocycles. The summed E-state index contributed by atoms with van der Waals surface area (Å²) in [6.45, 7) is 7.63. The fraction of sp³-hybridized carbons (Fsp3) is 0.600. The Bertz CT molecular complexity index is 603. The maximum absolute atomic E-state index is 12.7. The number of carbonyl (C=O) groups is 2. The molecule has 0 N–H and O–H groups in total. The number of amides is 2. The van der Waals surface area contributed by atoms with E-state index in [1.165, 1.54) is 37.9 Å². The minimum absolute atomic E-state index is 0.0398. The van der Waals surface area contributed by atoms with Crippen LogP contribution in [-0.4, -0.2) is 72.6 Å². The molecule has 26 heavy (non-hydrogen) atoms. The average molecular weight is 359 g/mol. The lowest BCUT2D eigenvalue weighted by Gasteiger charge is -2.34. The number of piperidine rings is 1. The quantitative estimate of drug-likeness (QED) is 0.829. The third-order valence-corrected chi connectivity index (χ3v) is 5.15. The highest BCUT2D eigenvalue weighted by Crippen LogP contribution is 2.15. The Morgan fingerprint density at radius 1 is 0.885 bits per heavy atom. The van der Waals surface area contributed by atoms with Crippen LogP contribution in [-0.2, 0) is 11.3 Å². The number of hydrogen-bond acceptors (Lipinski definition) is 4. The van der Waals surface area contributed by atoms with Crippen LogP contribution in [0.5, 0.6) is 0 Å². The molecular weight excluding hydrogens is 330 g/mol. The van der Waals surface area contributed by atoms with Crippen molar-refractivity contribution in [2.45, 2.75) is 32.7 Å². The maximum atomic E-state index is 12.7. The summed E-state index contributed by atoms with van der Waals surface area (Å²) in [6.07, 6.45) is 3.62. The molecule has 1 aromatic rings. The zero-order valence-electron chi connectivity index (χ0n) is 15.7. The van der Waals surface area contributed by atoms with Crippen LogP contribution in [0.3, 0.4) is 0 Å². The number of ether oxygens (including phenoxy) is 1. The Morgan fingerprint density at radius 2 is 1.50 bits per heavy atom. The van der Waals surface area contributed by atoms with Crippen LogP contribution in [0.2, 0.25) is 0 Å². The van der Waals surface area contributed by atoms with Crippen LogP contribution in [0.4, 0.5) is 4.79 Å². The highest BCUT2D eigenvalue weighted by molar-refractivity contribution is 5.94. The monoisotopic (exact) mass is 359 g/mol. The molecule has 2 heterocycles. The molecule has 6 nitrogen and oxygen atoms in total. The van der Waals surface area contributed by atoms with Crippen molar-refractivity contribution in [2.24, 2.45) is 0 Å². The minimum atomic E-state index is -0.290. The lowest BCUT2D eigenvalue weighted by molar-refractivity contribution is 0.0570. The van der Waals surface area contributed by atoms with Crippen LogP contribution in [0, 0.1) is 0 Å². The Hall–Kier alpha value is -2.08. The summed E-state index contributed by atoms with van der Waals surface area (Å²) in [7, 11) is 0. The number of carbonyl (C=O) groups excluding carboxylic acids is 2. The first kappa shape index (κ1) is 18.7. The van der Waals surface area contributed by atoms with Gasteiger partial charge in [-0.2, -0.15) is 0 Å². The fourth-order valence-electron chi connectivity index (χ4n) is 3.62. The zero-order valence-corrected chi connectivity index (χ0v) is 15.7. The van der Waals surface area contributed by atoms with Gasteiger partial charge in [-0.1, -0.05) is 18.6 Å². The second-order valence-corrected chi connectivity index (χ2v) is 7.01. The predicted molar refractivity (Wildman–Crippen MR) is 100 cm³/mol. The van der Waals surface area contributed by atoms with Gasteiger partial charge in [-0.25, -0.2) is 4.79 Å². The minimum Gasteiger partial charge on any atom is -0.450 e. The third kappa shape index (κ3) is 4.75. The first-order valence-corrected chi connectivity index (χ1v) is 9.69. The summed E-state index contributed by atoms with van der Waals surface area (Å²) in [4.78, 5) is 30.4. The fourth-order valence-corrected chi connectivity index (χ4v) is 3.62. The van der Waals surface area contributed by atoms with Gasteiger partial charge in [0.25, 0.3) is 5.91 Å². The van der Waals surface area contributed by atoms with E-state index in [-0.39, 0.29) is 12.0 Å². The van der Waals surface area contributed by atoms with Gasteiger partial charge >= 0.3 is 6.09 Å². The molecule has 0 unspecified atom stereocenters. The normalized spacial score (nSPS) is 18.7. The van der Waals surface area contributed by atoms with Gasteiger partial charge in [-0.15, -0.1) is 0 Å². The molecule has 0 aromatic heterocycles. The molecule has 0 spiro atoms. The molecule has 2 aliphatic rings. The van der Waals surface area contributed by atoms with Crippen molar-refractivity contribution in [2.75, 3.05) is 45.9 Å². The van der Waals surface area contributed by atoms with E-state index in [4.69, 9.17) is 4.74 Å². The second-order valence-electron chi connectivity index (χ2n) is 7.01. The van der Waals surface area contributed by atoms with Crippen molar-refractivity contribution in [3.8, 4) is 0 Å². The zero-order chi connectivity index (χ0) is 18.4. The smallest absolute Gasteiger partial charge is 0.409 e. The molecule has 2 saturated heterocycles. The molecule has 0 bridgehead atoms. The van der Waals surface area contributed by atoms with E-state index in [0.29, 0.717) is 32.8 Å². The number of benzene rings is 1. The van der Waals surface area contributed by atoms with Crippen LogP contribution in [0.25, 0.3) is 0 Å². The summed E-state index contributed by atoms with van der Waals surface area (Å²) in [5.74, 6) is 0.0398. The van der Waals surface area contributed by atoms with Gasteiger partial charge in [0, 0.05) is 38.3 Å². The van der Waals surface area contributed by atoms with E-state index in [9.17, 15) is 9.59 Å². The van der Waals surface area contributed by atoms with Crippen LogP contribution in [0.15, 0.2) is 24.3 Å². The van der Waals surface area contributed by atoms with E-state index in [0.717, 1.165) is 12.1 Å². The molecule has 2 aliphatic heterocycles. The summed E-state index contributed by atoms with van der Waals surface area (Å²) in [6, 6.07) is 7.99. The molecule has 2 fully saturated rings. The van der Waals surface area contributed by atoms with Gasteiger partial charge in [0.15, 0.2) is 0 Å². The van der Waals surface area contributed by atoms with Gasteiger partial charge in [0.2, 0.25) is 0 Å². The first-order valence-electron chi connectivity index (χ1n) is 9.69. The van der Waals surface area contributed by atoms with Crippen molar-refractivity contribution in [3.05, 3.63) is 35.4 Å². The van der Waals surface area contributed by atoms with E-state index in [2.05, 4.69) is 17.0 Å². The largest absolute Gasteiger partial charge is 0.450 e. The molecule has 142 valence electrons. The Kier molecular flexibility index (Phi) is 6.50. The van der Waals surface area contributed by atoms with Crippen molar-refractivity contribution in [1.29, 1.82) is 0 Å². The SMILES string of the molecule is CCOC(=O)N1CCN(C(=O)c2ccc(CN3CCCCC3)cc2)CC1. The number of hydrogen-bond donors (Lipinski definition) is 0. The summed E-state index contributed by atoms with van der Waals surface area (Å²) in [5.41, 5.74) is 1.98. The highest BCUT2D eigenvalue weighted by atomic mass is 16.6. The van der Waals surface area contributed by atoms with E-state index >= 15 is 0 Å². The Balaban J connectivity index is 1.51. The Morgan fingerprint density at radius 3 is 2.12 bits per heavy atom. The van der Waals surface area contributed by atoms with Crippen molar-refractivity contribution < 1.29 is 14.3 Å². The lowest BCUT2D eigenvalue weighted by atomic mass is 10.1. The van der Waals surface area contributed by atoms with Crippen LogP contribution >= 0.6 is 0 Å². The van der Waals surface area contributed by atoms with Crippen molar-refractivity contribution in [1.82, 2.24) is 14.7 Å². The van der Waals surface area contributed by atoms with Gasteiger partial charge in [0.05, 0.1) is 6.61 Å². The van der Waals surface area contributed by atoms with Gasteiger partial charge in [-0.3, -0.25) is 9.69 Å². The molecular formula is C20H29N3O3. The molecule has 6 heteroatoms. The molecule has 2 amide bonds. The maximum Gasteiger partial charge on any atom is 0.409 e. The lowest BCUT2D eigenvalue weighted by Crippen LogP contribution is -2.50. The molecule has 0 aliphatic carbocycles. The van der Waals surface area contributed by atoms with Gasteiger partial charge in [-0.05, 0) is 50.6 Å². The van der Waals surface area contributed by atoms with E-state index < -0.39 is 0 Å². The topological polar surface area (TPSA) is 53.1 Å². The first-order chi connectivity index (χ1) is 12.7. The number of piperazine rings is 1.